The number of methoxy groups -OCH3 is 1. The molecule has 0 unspecified atom stereocenters. The number of hydrogen-bond acceptors (Lipinski definition) is 4. The van der Waals surface area contributed by atoms with Crippen LogP contribution in [-0.4, -0.2) is 33.4 Å². The van der Waals surface area contributed by atoms with Crippen LogP contribution in [0.25, 0.3) is 0 Å². The van der Waals surface area contributed by atoms with Gasteiger partial charge in [0, 0.05) is 20.3 Å². The fourth-order valence-corrected chi connectivity index (χ4v) is 2.46. The average molecular weight is 359 g/mol. The van der Waals surface area contributed by atoms with E-state index in [1.807, 2.05) is 0 Å². The van der Waals surface area contributed by atoms with Gasteiger partial charge in [-0.05, 0) is 44.6 Å². The predicted molar refractivity (Wildman–Crippen MR) is 105 cm³/mol. The van der Waals surface area contributed by atoms with Gasteiger partial charge in [-0.1, -0.05) is 52.4 Å². The summed E-state index contributed by atoms with van der Waals surface area (Å²) in [4.78, 5) is 0. The smallest absolute Gasteiger partial charge is 0.187 e. The van der Waals surface area contributed by atoms with Gasteiger partial charge >= 0.3 is 0 Å². The Balaban J connectivity index is 3.51. The van der Waals surface area contributed by atoms with Crippen LogP contribution in [0, 0.1) is 0 Å². The van der Waals surface area contributed by atoms with Gasteiger partial charge in [0.15, 0.2) is 13.1 Å². The molecule has 0 aliphatic carbocycles. The number of rotatable bonds is 20. The van der Waals surface area contributed by atoms with Crippen molar-refractivity contribution in [2.75, 3.05) is 27.1 Å². The van der Waals surface area contributed by atoms with Gasteiger partial charge in [0.1, 0.15) is 0 Å². The Hall–Kier alpha value is -0.580. The van der Waals surface area contributed by atoms with Gasteiger partial charge in [-0.3, -0.25) is 0 Å². The molecule has 0 aliphatic heterocycles. The van der Waals surface area contributed by atoms with Gasteiger partial charge < -0.3 is 18.9 Å². The second-order valence-corrected chi connectivity index (χ2v) is 6.52. The minimum absolute atomic E-state index is 0.00957. The molecular formula is C21H42O4. The standard InChI is InChI=1S/C21H42O4/c1-4-6-18-24-21(25-19-7-5-2)16-14-12-10-8-9-11-13-15-17-23-20-22-3/h15,17,21H,4-14,16,18-20H2,1-3H3. The van der Waals surface area contributed by atoms with Gasteiger partial charge in [0.2, 0.25) is 0 Å². The number of ether oxygens (including phenoxy) is 4. The molecule has 4 heteroatoms. The van der Waals surface area contributed by atoms with E-state index in [0.29, 0.717) is 6.79 Å². The Kier molecular flexibility index (Phi) is 21.0. The van der Waals surface area contributed by atoms with Gasteiger partial charge in [-0.25, -0.2) is 0 Å². The molecule has 0 heterocycles. The highest BCUT2D eigenvalue weighted by atomic mass is 16.7. The molecule has 0 atom stereocenters. The van der Waals surface area contributed by atoms with Crippen molar-refractivity contribution in [2.45, 2.75) is 97.2 Å². The van der Waals surface area contributed by atoms with Crippen LogP contribution in [0.5, 0.6) is 0 Å². The van der Waals surface area contributed by atoms with Crippen LogP contribution >= 0.6 is 0 Å². The molecule has 0 radical (unpaired) electrons. The number of allylic oxidation sites excluding steroid dienone is 1. The maximum absolute atomic E-state index is 5.88. The Morgan fingerprint density at radius 2 is 1.36 bits per heavy atom. The van der Waals surface area contributed by atoms with Crippen LogP contribution in [0.3, 0.4) is 0 Å². The zero-order chi connectivity index (χ0) is 18.4. The lowest BCUT2D eigenvalue weighted by atomic mass is 10.1. The second-order valence-electron chi connectivity index (χ2n) is 6.52. The Bertz CT molecular complexity index is 259. The van der Waals surface area contributed by atoms with Crippen molar-refractivity contribution >= 4 is 0 Å². The van der Waals surface area contributed by atoms with E-state index in [1.165, 1.54) is 51.4 Å². The lowest BCUT2D eigenvalue weighted by molar-refractivity contribution is -0.147. The maximum atomic E-state index is 5.88. The zero-order valence-electron chi connectivity index (χ0n) is 17.0. The Morgan fingerprint density at radius 1 is 0.760 bits per heavy atom. The first-order valence-electron chi connectivity index (χ1n) is 10.3. The van der Waals surface area contributed by atoms with Crippen LogP contribution < -0.4 is 0 Å². The normalized spacial score (nSPS) is 11.7. The molecule has 0 fully saturated rings. The second kappa shape index (κ2) is 21.5. The summed E-state index contributed by atoms with van der Waals surface area (Å²) in [5.41, 5.74) is 0. The van der Waals surface area contributed by atoms with Crippen LogP contribution in [-0.2, 0) is 18.9 Å². The summed E-state index contributed by atoms with van der Waals surface area (Å²) in [6.07, 6.45) is 18.2. The molecular weight excluding hydrogens is 316 g/mol. The van der Waals surface area contributed by atoms with E-state index >= 15 is 0 Å². The van der Waals surface area contributed by atoms with Crippen molar-refractivity contribution in [1.29, 1.82) is 0 Å². The predicted octanol–water partition coefficient (Wildman–Crippen LogP) is 6.20. The Morgan fingerprint density at radius 3 is 1.96 bits per heavy atom. The van der Waals surface area contributed by atoms with E-state index in [0.717, 1.165) is 38.9 Å². The summed E-state index contributed by atoms with van der Waals surface area (Å²) in [5, 5.41) is 0. The lowest BCUT2D eigenvalue weighted by Gasteiger charge is -2.18. The molecule has 0 aromatic heterocycles. The molecule has 25 heavy (non-hydrogen) atoms. The first-order chi connectivity index (χ1) is 12.3. The molecule has 0 saturated carbocycles. The molecule has 150 valence electrons. The van der Waals surface area contributed by atoms with E-state index in [1.54, 1.807) is 13.4 Å². The largest absolute Gasteiger partial charge is 0.476 e. The summed E-state index contributed by atoms with van der Waals surface area (Å²) >= 11 is 0. The number of unbranched alkanes of at least 4 members (excludes halogenated alkanes) is 8. The molecule has 0 aromatic carbocycles. The van der Waals surface area contributed by atoms with Crippen LogP contribution in [0.1, 0.15) is 90.9 Å². The SMILES string of the molecule is CCCCOC(CCCCCCCCC=COCOC)OCCCC. The van der Waals surface area contributed by atoms with Gasteiger partial charge in [0.25, 0.3) is 0 Å². The molecule has 4 nitrogen and oxygen atoms in total. The van der Waals surface area contributed by atoms with Crippen LogP contribution in [0.4, 0.5) is 0 Å². The van der Waals surface area contributed by atoms with Gasteiger partial charge in [0.05, 0.1) is 6.26 Å². The summed E-state index contributed by atoms with van der Waals surface area (Å²) in [7, 11) is 1.63. The molecule has 0 rings (SSSR count). The van der Waals surface area contributed by atoms with Gasteiger partial charge in [-0.2, -0.15) is 0 Å². The maximum Gasteiger partial charge on any atom is 0.187 e. The first-order valence-corrected chi connectivity index (χ1v) is 10.3. The minimum Gasteiger partial charge on any atom is -0.476 e. The van der Waals surface area contributed by atoms with E-state index in [4.69, 9.17) is 18.9 Å². The average Bonchev–Trinajstić information content (AvgIpc) is 2.62. The van der Waals surface area contributed by atoms with Crippen molar-refractivity contribution in [1.82, 2.24) is 0 Å². The third-order valence-electron chi connectivity index (χ3n) is 4.04. The van der Waals surface area contributed by atoms with Crippen molar-refractivity contribution in [3.63, 3.8) is 0 Å². The molecule has 0 N–H and O–H groups in total. The highest BCUT2D eigenvalue weighted by molar-refractivity contribution is 4.72. The van der Waals surface area contributed by atoms with Crippen LogP contribution in [0.15, 0.2) is 12.3 Å². The zero-order valence-corrected chi connectivity index (χ0v) is 17.0. The van der Waals surface area contributed by atoms with E-state index in [-0.39, 0.29) is 6.29 Å². The lowest BCUT2D eigenvalue weighted by Crippen LogP contribution is -2.18. The topological polar surface area (TPSA) is 36.9 Å². The first kappa shape index (κ1) is 24.4. The molecule has 0 bridgehead atoms. The minimum atomic E-state index is 0.00957. The van der Waals surface area contributed by atoms with E-state index in [2.05, 4.69) is 19.9 Å². The van der Waals surface area contributed by atoms with Crippen molar-refractivity contribution in [2.24, 2.45) is 0 Å². The third kappa shape index (κ3) is 19.6. The Labute approximate surface area is 156 Å². The monoisotopic (exact) mass is 358 g/mol. The molecule has 0 saturated heterocycles. The highest BCUT2D eigenvalue weighted by Gasteiger charge is 2.08. The van der Waals surface area contributed by atoms with Crippen molar-refractivity contribution < 1.29 is 18.9 Å². The summed E-state index contributed by atoms with van der Waals surface area (Å²) in [5.74, 6) is 0. The van der Waals surface area contributed by atoms with Crippen LogP contribution in [0.2, 0.25) is 0 Å². The van der Waals surface area contributed by atoms with E-state index in [9.17, 15) is 0 Å². The molecule has 0 aliphatic rings. The van der Waals surface area contributed by atoms with Crippen molar-refractivity contribution in [3.8, 4) is 0 Å². The van der Waals surface area contributed by atoms with E-state index < -0.39 is 0 Å². The highest BCUT2D eigenvalue weighted by Crippen LogP contribution is 2.13. The summed E-state index contributed by atoms with van der Waals surface area (Å²) < 4.78 is 21.7. The summed E-state index contributed by atoms with van der Waals surface area (Å²) in [6, 6.07) is 0. The van der Waals surface area contributed by atoms with Gasteiger partial charge in [-0.15, -0.1) is 0 Å². The number of hydrogen-bond donors (Lipinski definition) is 0. The molecule has 0 spiro atoms. The third-order valence-corrected chi connectivity index (χ3v) is 4.04. The fourth-order valence-electron chi connectivity index (χ4n) is 2.46. The molecule has 0 amide bonds. The van der Waals surface area contributed by atoms with Crippen molar-refractivity contribution in [3.05, 3.63) is 12.3 Å². The summed E-state index contributed by atoms with van der Waals surface area (Å²) in [6.45, 7) is 6.38. The fraction of sp³-hybridized carbons (Fsp3) is 0.905. The molecule has 0 aromatic rings. The quantitative estimate of drug-likeness (QED) is 0.147.